The molecule has 0 amide bonds. The van der Waals surface area contributed by atoms with Crippen molar-refractivity contribution < 1.29 is 0 Å². The van der Waals surface area contributed by atoms with Crippen LogP contribution >= 0.6 is 0 Å². The van der Waals surface area contributed by atoms with E-state index in [9.17, 15) is 0 Å². The number of hydrogen-bond donors (Lipinski definition) is 1. The third-order valence-corrected chi connectivity index (χ3v) is 6.82. The van der Waals surface area contributed by atoms with Crippen LogP contribution in [0.4, 0.5) is 23.0 Å². The number of aliphatic imine (C=N–C) groups is 1. The van der Waals surface area contributed by atoms with Crippen molar-refractivity contribution >= 4 is 45.4 Å². The van der Waals surface area contributed by atoms with Crippen molar-refractivity contribution in [2.45, 2.75) is 13.8 Å². The van der Waals surface area contributed by atoms with Crippen LogP contribution in [-0.4, -0.2) is 15.3 Å². The first-order chi connectivity index (χ1) is 18.2. The number of fused-ring (bicyclic) bond motifs is 4. The van der Waals surface area contributed by atoms with E-state index in [1.54, 1.807) is 0 Å². The molecule has 0 unspecified atom stereocenters. The summed E-state index contributed by atoms with van der Waals surface area (Å²) in [7, 11) is 0. The fourth-order valence-corrected chi connectivity index (χ4v) is 5.18. The van der Waals surface area contributed by atoms with Crippen molar-refractivity contribution in [2.75, 3.05) is 10.2 Å². The van der Waals surface area contributed by atoms with Gasteiger partial charge in [0.05, 0.1) is 28.1 Å². The number of guanidine groups is 1. The standard InChI is InChI=1S/C32H25N5/c1-21-9-7-11-23(19-21)33-31(34-24-12-8-10-22(2)20-24)37-28-16-6-4-14-26(28)30-18-17-29-25-13-3-5-15-27(25)35-32(37)36(29)30/h3-20H,1-2H3,(H,33,34). The van der Waals surface area contributed by atoms with Crippen molar-refractivity contribution in [3.63, 3.8) is 0 Å². The monoisotopic (exact) mass is 479 g/mol. The average molecular weight is 480 g/mol. The summed E-state index contributed by atoms with van der Waals surface area (Å²) in [5.41, 5.74) is 9.55. The lowest BCUT2D eigenvalue weighted by atomic mass is 10.1. The Balaban J connectivity index is 1.53. The summed E-state index contributed by atoms with van der Waals surface area (Å²) < 4.78 is 2.24. The molecule has 3 heterocycles. The Bertz CT molecular complexity index is 1850. The van der Waals surface area contributed by atoms with E-state index in [1.807, 2.05) is 18.2 Å². The van der Waals surface area contributed by atoms with Gasteiger partial charge in [0.2, 0.25) is 11.9 Å². The van der Waals surface area contributed by atoms with Crippen LogP contribution in [0.15, 0.2) is 114 Å². The second-order valence-electron chi connectivity index (χ2n) is 9.49. The summed E-state index contributed by atoms with van der Waals surface area (Å²) in [6.07, 6.45) is 0. The molecule has 37 heavy (non-hydrogen) atoms. The van der Waals surface area contributed by atoms with Gasteiger partial charge in [0.25, 0.3) is 0 Å². The molecule has 0 saturated carbocycles. The SMILES string of the molecule is Cc1cccc(N=C(Nc2cccc(C)c2)N2c3ccccc3-c3ccc4c5ccccc5nc2n34)c1. The van der Waals surface area contributed by atoms with Gasteiger partial charge in [0.1, 0.15) is 0 Å². The second-order valence-corrected chi connectivity index (χ2v) is 9.49. The number of benzene rings is 4. The molecule has 4 aromatic carbocycles. The van der Waals surface area contributed by atoms with Crippen LogP contribution in [0.3, 0.4) is 0 Å². The highest BCUT2D eigenvalue weighted by atomic mass is 15.4. The van der Waals surface area contributed by atoms with Crippen LogP contribution in [0.5, 0.6) is 0 Å². The van der Waals surface area contributed by atoms with Gasteiger partial charge < -0.3 is 5.32 Å². The van der Waals surface area contributed by atoms with Gasteiger partial charge in [-0.05, 0) is 73.5 Å². The minimum Gasteiger partial charge on any atom is -0.325 e. The molecule has 0 atom stereocenters. The Morgan fingerprint density at radius 1 is 0.757 bits per heavy atom. The Hall–Kier alpha value is -4.90. The van der Waals surface area contributed by atoms with E-state index >= 15 is 0 Å². The molecule has 0 spiro atoms. The number of aryl methyl sites for hydroxylation is 2. The zero-order chi connectivity index (χ0) is 24.9. The topological polar surface area (TPSA) is 44.9 Å². The molecule has 1 N–H and O–H groups in total. The first kappa shape index (κ1) is 21.4. The molecule has 1 aliphatic rings. The summed E-state index contributed by atoms with van der Waals surface area (Å²) in [5, 5.41) is 4.76. The van der Waals surface area contributed by atoms with Crippen molar-refractivity contribution in [2.24, 2.45) is 4.99 Å². The summed E-state index contributed by atoms with van der Waals surface area (Å²) in [4.78, 5) is 12.5. The van der Waals surface area contributed by atoms with Crippen LogP contribution in [-0.2, 0) is 0 Å². The molecule has 0 fully saturated rings. The van der Waals surface area contributed by atoms with E-state index in [-0.39, 0.29) is 0 Å². The lowest BCUT2D eigenvalue weighted by Crippen LogP contribution is -2.36. The average Bonchev–Trinajstić information content (AvgIpc) is 3.35. The first-order valence-electron chi connectivity index (χ1n) is 12.4. The van der Waals surface area contributed by atoms with Crippen molar-refractivity contribution in [3.05, 3.63) is 120 Å². The van der Waals surface area contributed by atoms with E-state index < -0.39 is 0 Å². The lowest BCUT2D eigenvalue weighted by molar-refractivity contribution is 1.05. The maximum Gasteiger partial charge on any atom is 0.222 e. The minimum absolute atomic E-state index is 0.687. The van der Waals surface area contributed by atoms with Gasteiger partial charge in [0, 0.05) is 16.6 Å². The van der Waals surface area contributed by atoms with E-state index in [4.69, 9.17) is 9.98 Å². The Morgan fingerprint density at radius 2 is 1.54 bits per heavy atom. The fourth-order valence-electron chi connectivity index (χ4n) is 5.18. The second kappa shape index (κ2) is 8.35. The number of hydrogen-bond acceptors (Lipinski definition) is 2. The van der Waals surface area contributed by atoms with Crippen LogP contribution in [0.25, 0.3) is 27.7 Å². The number of anilines is 3. The van der Waals surface area contributed by atoms with E-state index in [1.165, 1.54) is 5.56 Å². The minimum atomic E-state index is 0.687. The molecule has 0 aliphatic carbocycles. The quantitative estimate of drug-likeness (QED) is 0.202. The van der Waals surface area contributed by atoms with Crippen LogP contribution in [0.1, 0.15) is 11.1 Å². The molecule has 5 heteroatoms. The van der Waals surface area contributed by atoms with E-state index in [0.29, 0.717) is 5.96 Å². The Labute approximate surface area is 215 Å². The molecule has 2 aromatic heterocycles. The van der Waals surface area contributed by atoms with Gasteiger partial charge >= 0.3 is 0 Å². The number of rotatable bonds is 2. The van der Waals surface area contributed by atoms with Gasteiger partial charge in [0.15, 0.2) is 0 Å². The number of para-hydroxylation sites is 2. The van der Waals surface area contributed by atoms with Crippen molar-refractivity contribution in [1.82, 2.24) is 9.38 Å². The largest absolute Gasteiger partial charge is 0.325 e. The first-order valence-corrected chi connectivity index (χ1v) is 12.4. The highest BCUT2D eigenvalue weighted by Crippen LogP contribution is 2.43. The van der Waals surface area contributed by atoms with E-state index in [0.717, 1.165) is 56.3 Å². The van der Waals surface area contributed by atoms with Gasteiger partial charge in [-0.15, -0.1) is 0 Å². The smallest absolute Gasteiger partial charge is 0.222 e. The van der Waals surface area contributed by atoms with Crippen LogP contribution in [0.2, 0.25) is 0 Å². The Morgan fingerprint density at radius 3 is 2.41 bits per heavy atom. The third-order valence-electron chi connectivity index (χ3n) is 6.82. The van der Waals surface area contributed by atoms with Gasteiger partial charge in [-0.2, -0.15) is 0 Å². The summed E-state index contributed by atoms with van der Waals surface area (Å²) in [6, 6.07) is 37.8. The summed E-state index contributed by atoms with van der Waals surface area (Å²) in [6.45, 7) is 4.18. The van der Waals surface area contributed by atoms with Crippen molar-refractivity contribution in [1.29, 1.82) is 0 Å². The molecule has 0 saturated heterocycles. The molecule has 178 valence electrons. The summed E-state index contributed by atoms with van der Waals surface area (Å²) >= 11 is 0. The Kier molecular flexibility index (Phi) is 4.83. The fraction of sp³-hybridized carbons (Fsp3) is 0.0625. The molecule has 7 rings (SSSR count). The van der Waals surface area contributed by atoms with Crippen LogP contribution in [0, 0.1) is 13.8 Å². The maximum absolute atomic E-state index is 5.19. The summed E-state index contributed by atoms with van der Waals surface area (Å²) in [5.74, 6) is 1.49. The molecule has 5 nitrogen and oxygen atoms in total. The van der Waals surface area contributed by atoms with Crippen molar-refractivity contribution in [3.8, 4) is 11.3 Å². The molecular weight excluding hydrogens is 454 g/mol. The highest BCUT2D eigenvalue weighted by molar-refractivity contribution is 6.14. The predicted octanol–water partition coefficient (Wildman–Crippen LogP) is 8.02. The molecular formula is C32H25N5. The number of nitrogens with one attached hydrogen (secondary N) is 1. The molecule has 0 bridgehead atoms. The number of nitrogens with zero attached hydrogens (tertiary/aromatic N) is 4. The predicted molar refractivity (Wildman–Crippen MR) is 153 cm³/mol. The maximum atomic E-state index is 5.19. The van der Waals surface area contributed by atoms with Gasteiger partial charge in [-0.3, -0.25) is 4.40 Å². The van der Waals surface area contributed by atoms with Gasteiger partial charge in [-0.25, -0.2) is 14.9 Å². The van der Waals surface area contributed by atoms with E-state index in [2.05, 4.69) is 119 Å². The van der Waals surface area contributed by atoms with Gasteiger partial charge in [-0.1, -0.05) is 60.7 Å². The number of aromatic nitrogens is 2. The molecule has 1 aliphatic heterocycles. The van der Waals surface area contributed by atoms with Crippen LogP contribution < -0.4 is 10.2 Å². The molecule has 6 aromatic rings. The normalized spacial score (nSPS) is 12.7. The zero-order valence-electron chi connectivity index (χ0n) is 20.7. The zero-order valence-corrected chi connectivity index (χ0v) is 20.7. The third kappa shape index (κ3) is 3.55. The lowest BCUT2D eigenvalue weighted by Gasteiger charge is -2.32. The highest BCUT2D eigenvalue weighted by Gasteiger charge is 2.30. The molecule has 0 radical (unpaired) electrons.